The molecule has 0 aromatic carbocycles. The molecule has 0 aliphatic heterocycles. The molecule has 0 unspecified atom stereocenters. The van der Waals surface area contributed by atoms with Gasteiger partial charge in [0.05, 0.1) is 0 Å². The van der Waals surface area contributed by atoms with Crippen LogP contribution in [0.4, 0.5) is 0 Å². The molecule has 10 radical (unpaired) electrons. The van der Waals surface area contributed by atoms with Gasteiger partial charge in [0.25, 0.3) is 0 Å². The Bertz CT molecular complexity index is 45.1. The van der Waals surface area contributed by atoms with Gasteiger partial charge in [-0.3, -0.25) is 0 Å². The minimum Gasteiger partial charge on any atom is 0 e. The minimum atomic E-state index is -0.630. The molecule has 0 saturated carbocycles. The maximum Gasteiger partial charge on any atom is 0 e. The van der Waals surface area contributed by atoms with Crippen molar-refractivity contribution in [3.05, 3.63) is 0 Å². The molecule has 0 atom stereocenters. The molecule has 0 rings (SSSR count). The first-order valence-electron chi connectivity index (χ1n) is 2.33. The molecule has 0 heterocycles. The molecular formula is B8. The number of hydrogen-bond acceptors (Lipinski definition) is 0. The Kier molecular flexibility index (Phi) is 3.76. The summed E-state index contributed by atoms with van der Waals surface area (Å²) in [4.78, 5) is 0. The van der Waals surface area contributed by atoms with E-state index >= 15 is 0 Å². The van der Waals surface area contributed by atoms with Crippen LogP contribution in [-0.2, 0) is 0 Å². The minimum absolute atomic E-state index is 0.519. The van der Waals surface area contributed by atoms with Crippen molar-refractivity contribution in [2.45, 2.75) is 0 Å². The molecule has 0 aliphatic rings. The smallest absolute Gasteiger partial charge is 0 e. The van der Waals surface area contributed by atoms with Crippen LogP contribution in [0, 0.1) is 0 Å². The van der Waals surface area contributed by atoms with Crippen molar-refractivity contribution in [1.82, 2.24) is 0 Å². The Morgan fingerprint density at radius 2 is 0.875 bits per heavy atom. The lowest BCUT2D eigenvalue weighted by Gasteiger charge is -2.13. The molecule has 0 bridgehead atoms. The predicted octanol–water partition coefficient (Wildman–Crippen LogP) is -3.05. The van der Waals surface area contributed by atoms with Crippen molar-refractivity contribution in [1.29, 1.82) is 0 Å². The summed E-state index contributed by atoms with van der Waals surface area (Å²) in [5.74, 6) is 0. The van der Waals surface area contributed by atoms with Gasteiger partial charge in [-0.25, -0.2) is 0 Å². The molecule has 0 aliphatic carbocycles. The van der Waals surface area contributed by atoms with Crippen LogP contribution in [0.2, 0.25) is 0 Å². The van der Waals surface area contributed by atoms with E-state index < -0.39 is 19.2 Å². The monoisotopic (exact) mass is 88.1 g/mol. The van der Waals surface area contributed by atoms with Gasteiger partial charge in [0.2, 0.25) is 0 Å². The van der Waals surface area contributed by atoms with Gasteiger partial charge in [0.1, 0.15) is 0 Å². The van der Waals surface area contributed by atoms with Gasteiger partial charge >= 0.3 is 0 Å². The fourth-order valence-electron chi connectivity index (χ4n) is 0.257. The zero-order valence-electron chi connectivity index (χ0n) is 4.62. The van der Waals surface area contributed by atoms with Gasteiger partial charge in [-0.2, -0.15) is 0 Å². The molecule has 8 heteroatoms. The Labute approximate surface area is 58.5 Å². The summed E-state index contributed by atoms with van der Waals surface area (Å²) >= 11 is 0. The van der Waals surface area contributed by atoms with E-state index in [9.17, 15) is 0 Å². The summed E-state index contributed by atoms with van der Waals surface area (Å²) in [5, 5.41) is 0. The zero-order chi connectivity index (χ0) is 6.73. The standard InChI is InChI=1S/B8/c1-6(2)8(5)7(3)4. The second-order valence-corrected chi connectivity index (χ2v) is 1.73. The lowest BCUT2D eigenvalue weighted by Crippen LogP contribution is -2.52. The van der Waals surface area contributed by atoms with Crippen LogP contribution in [0.25, 0.3) is 0 Å². The normalized spacial score (nSPS) is 8.00. The topological polar surface area (TPSA) is 0 Å². The number of hydrogen-bond donors (Lipinski definition) is 0. The molecule has 0 amide bonds. The summed E-state index contributed by atoms with van der Waals surface area (Å²) in [7, 11) is 25.8. The zero-order valence-corrected chi connectivity index (χ0v) is 4.62. The van der Waals surface area contributed by atoms with E-state index in [1.807, 2.05) is 0 Å². The molecule has 0 N–H and O–H groups in total. The van der Waals surface area contributed by atoms with Gasteiger partial charge in [-0.15, -0.1) is 0 Å². The van der Waals surface area contributed by atoms with Gasteiger partial charge in [0.15, 0.2) is 0 Å². The van der Waals surface area contributed by atoms with Crippen molar-refractivity contribution < 1.29 is 0 Å². The molecule has 0 fully saturated rings. The molecule has 0 aromatic heterocycles. The van der Waals surface area contributed by atoms with E-state index in [-0.39, 0.29) is 0 Å². The highest BCUT2D eigenvalue weighted by Crippen LogP contribution is 1.76. The molecule has 0 saturated heterocycles. The average Bonchev–Trinajstić information content (AvgIpc) is 1.64. The predicted molar refractivity (Wildman–Crippen MR) is 46.0 cm³/mol. The van der Waals surface area contributed by atoms with Crippen LogP contribution in [-0.4, -0.2) is 57.8 Å². The molecule has 0 nitrogen and oxygen atoms in total. The third-order valence-corrected chi connectivity index (χ3v) is 0.889. The van der Waals surface area contributed by atoms with Crippen LogP contribution in [0.15, 0.2) is 0 Å². The summed E-state index contributed by atoms with van der Waals surface area (Å²) in [6, 6.07) is 0. The highest BCUT2D eigenvalue weighted by atomic mass is 13.0. The molecular weight excluding hydrogens is 86.5 g/mol. The first-order valence-corrected chi connectivity index (χ1v) is 2.33. The molecule has 24 valence electrons. The molecule has 8 heavy (non-hydrogen) atoms. The highest BCUT2D eigenvalue weighted by molar-refractivity contribution is 7.89. The second kappa shape index (κ2) is 3.53. The SMILES string of the molecule is [B]B([B])B([B])B([B])[B]. The Morgan fingerprint density at radius 1 is 0.625 bits per heavy atom. The van der Waals surface area contributed by atoms with E-state index in [1.165, 1.54) is 0 Å². The lowest BCUT2D eigenvalue weighted by molar-refractivity contribution is 3.62. The third-order valence-electron chi connectivity index (χ3n) is 0.889. The van der Waals surface area contributed by atoms with Crippen LogP contribution >= 0.6 is 0 Å². The third kappa shape index (κ3) is 2.74. The lowest BCUT2D eigenvalue weighted by atomic mass is 8.68. The van der Waals surface area contributed by atoms with Crippen molar-refractivity contribution >= 4 is 57.8 Å². The largest absolute Gasteiger partial charge is 0 e. The fourth-order valence-corrected chi connectivity index (χ4v) is 0.257. The number of rotatable bonds is 2. The van der Waals surface area contributed by atoms with E-state index in [2.05, 4.69) is 0 Å². The van der Waals surface area contributed by atoms with E-state index in [0.29, 0.717) is 0 Å². The Balaban J connectivity index is 3.46. The maximum absolute atomic E-state index is 5.26. The van der Waals surface area contributed by atoms with Crippen LogP contribution in [0.3, 0.4) is 0 Å². The summed E-state index contributed by atoms with van der Waals surface area (Å²) in [6.45, 7) is 0. The van der Waals surface area contributed by atoms with Crippen molar-refractivity contribution in [3.63, 3.8) is 0 Å². The van der Waals surface area contributed by atoms with Crippen LogP contribution < -0.4 is 0 Å². The Morgan fingerprint density at radius 3 is 0.875 bits per heavy atom. The first kappa shape index (κ1) is 8.52. The summed E-state index contributed by atoms with van der Waals surface area (Å²) < 4.78 is 0. The van der Waals surface area contributed by atoms with Crippen molar-refractivity contribution in [3.8, 4) is 0 Å². The second-order valence-electron chi connectivity index (χ2n) is 1.73. The van der Waals surface area contributed by atoms with Crippen molar-refractivity contribution in [2.75, 3.05) is 0 Å². The van der Waals surface area contributed by atoms with E-state index in [0.717, 1.165) is 0 Å². The summed E-state index contributed by atoms with van der Waals surface area (Å²) in [6.07, 6.45) is -1.78. The maximum atomic E-state index is 5.26. The summed E-state index contributed by atoms with van der Waals surface area (Å²) in [5.41, 5.74) is 0. The average molecular weight is 86.5 g/mol. The van der Waals surface area contributed by atoms with Gasteiger partial charge < -0.3 is 0 Å². The van der Waals surface area contributed by atoms with Crippen LogP contribution in [0.5, 0.6) is 0 Å². The molecule has 0 spiro atoms. The van der Waals surface area contributed by atoms with Gasteiger partial charge in [0, 0.05) is 57.8 Å². The Hall–Kier alpha value is 0.519. The fraction of sp³-hybridized carbons (Fsp3) is 0. The first-order chi connectivity index (χ1) is 3.55. The van der Waals surface area contributed by atoms with Crippen LogP contribution in [0.1, 0.15) is 0 Å². The van der Waals surface area contributed by atoms with Gasteiger partial charge in [-0.05, 0) is 0 Å². The highest BCUT2D eigenvalue weighted by Gasteiger charge is 2.14. The quantitative estimate of drug-likeness (QED) is 0.314. The van der Waals surface area contributed by atoms with E-state index in [4.69, 9.17) is 38.7 Å². The molecule has 0 aromatic rings. The van der Waals surface area contributed by atoms with E-state index in [1.54, 1.807) is 0 Å². The van der Waals surface area contributed by atoms with Crippen molar-refractivity contribution in [2.24, 2.45) is 0 Å². The van der Waals surface area contributed by atoms with Gasteiger partial charge in [-0.1, -0.05) is 0 Å².